The number of esters is 1. The van der Waals surface area contributed by atoms with Gasteiger partial charge in [0.05, 0.1) is 11.1 Å². The topological polar surface area (TPSA) is 207 Å². The quantitative estimate of drug-likeness (QED) is 0.334. The number of benzene rings is 2. The van der Waals surface area contributed by atoms with Gasteiger partial charge in [0, 0.05) is 0 Å². The van der Waals surface area contributed by atoms with Crippen molar-refractivity contribution in [2.45, 2.75) is 36.2 Å². The van der Waals surface area contributed by atoms with E-state index in [1.54, 1.807) is 0 Å². The van der Waals surface area contributed by atoms with Gasteiger partial charge in [0.2, 0.25) is 0 Å². The second-order valence-electron chi connectivity index (χ2n) is 8.56. The second kappa shape index (κ2) is 9.46. The summed E-state index contributed by atoms with van der Waals surface area (Å²) in [5.74, 6) is -8.91. The summed E-state index contributed by atoms with van der Waals surface area (Å²) in [6.45, 7) is 4.56. The lowest BCUT2D eigenvalue weighted by Gasteiger charge is -2.20. The van der Waals surface area contributed by atoms with Crippen LogP contribution in [0.4, 0.5) is 0 Å². The number of fused-ring (bicyclic) bond motifs is 2. The van der Waals surface area contributed by atoms with Crippen LogP contribution in [0.25, 0.3) is 0 Å². The molecule has 2 aromatic rings. The second-order valence-corrected chi connectivity index (χ2v) is 12.1. The summed E-state index contributed by atoms with van der Waals surface area (Å²) in [6, 6.07) is 10.5. The number of amides is 4. The van der Waals surface area contributed by atoms with Crippen molar-refractivity contribution in [1.82, 2.24) is 8.61 Å². The zero-order valence-electron chi connectivity index (χ0n) is 19.8. The zero-order valence-corrected chi connectivity index (χ0v) is 21.4. The molecule has 0 spiro atoms. The Labute approximate surface area is 215 Å². The van der Waals surface area contributed by atoms with Crippen molar-refractivity contribution in [2.24, 2.45) is 0 Å². The average molecular weight is 567 g/mol. The van der Waals surface area contributed by atoms with Crippen LogP contribution in [-0.4, -0.2) is 71.7 Å². The van der Waals surface area contributed by atoms with Crippen LogP contribution in [0, 0.1) is 0 Å². The van der Waals surface area contributed by atoms with Crippen molar-refractivity contribution in [1.29, 1.82) is 0 Å². The number of nitrogens with zero attached hydrogens (tertiary/aromatic N) is 2. The fourth-order valence-electron chi connectivity index (χ4n) is 3.26. The van der Waals surface area contributed by atoms with Crippen LogP contribution in [0.15, 0.2) is 58.3 Å². The molecule has 0 aromatic heterocycles. The molecular formula is C22H18N2O12S2. The molecule has 2 heterocycles. The molecule has 1 N–H and O–H groups in total. The summed E-state index contributed by atoms with van der Waals surface area (Å²) >= 11 is 0. The van der Waals surface area contributed by atoms with E-state index in [0.717, 1.165) is 6.07 Å². The highest BCUT2D eigenvalue weighted by Crippen LogP contribution is 2.31. The zero-order chi connectivity index (χ0) is 28.8. The molecule has 16 heteroatoms. The van der Waals surface area contributed by atoms with E-state index >= 15 is 0 Å². The minimum Gasteiger partial charge on any atom is -0.474 e. The van der Waals surface area contributed by atoms with E-state index in [9.17, 15) is 45.6 Å². The lowest BCUT2D eigenvalue weighted by atomic mass is 10.2. The first-order chi connectivity index (χ1) is 17.4. The Morgan fingerprint density at radius 3 is 1.42 bits per heavy atom. The highest BCUT2D eigenvalue weighted by Gasteiger charge is 2.49. The molecule has 0 radical (unpaired) electrons. The molecule has 4 amide bonds. The number of rotatable bonds is 0. The van der Waals surface area contributed by atoms with Gasteiger partial charge in [-0.25, -0.2) is 26.4 Å². The summed E-state index contributed by atoms with van der Waals surface area (Å²) in [4.78, 5) is 68.3. The smallest absolute Gasteiger partial charge is 0.399 e. The molecule has 4 rings (SSSR count). The van der Waals surface area contributed by atoms with Gasteiger partial charge in [-0.2, -0.15) is 8.61 Å². The number of carbonyl (C=O) groups excluding carboxylic acids is 5. The van der Waals surface area contributed by atoms with Crippen LogP contribution >= 0.6 is 0 Å². The van der Waals surface area contributed by atoms with Gasteiger partial charge in [-0.1, -0.05) is 24.3 Å². The van der Waals surface area contributed by atoms with Crippen LogP contribution in [0.5, 0.6) is 0 Å². The Bertz CT molecular complexity index is 1640. The maximum absolute atomic E-state index is 12.2. The number of aliphatic carboxylic acids is 1. The molecule has 200 valence electrons. The molecule has 2 aliphatic rings. The Balaban J connectivity index is 0.000000215. The minimum atomic E-state index is -4.39. The predicted molar refractivity (Wildman–Crippen MR) is 123 cm³/mol. The van der Waals surface area contributed by atoms with Crippen LogP contribution in [0.3, 0.4) is 0 Å². The monoisotopic (exact) mass is 566 g/mol. The van der Waals surface area contributed by atoms with E-state index in [1.807, 2.05) is 0 Å². The third-order valence-electron chi connectivity index (χ3n) is 4.77. The number of carboxylic acid groups (broad SMARTS) is 1. The Kier molecular flexibility index (Phi) is 7.00. The van der Waals surface area contributed by atoms with Gasteiger partial charge in [-0.3, -0.25) is 19.2 Å². The van der Waals surface area contributed by atoms with E-state index in [-0.39, 0.29) is 29.5 Å². The third kappa shape index (κ3) is 4.78. The molecular weight excluding hydrogens is 548 g/mol. The maximum atomic E-state index is 12.2. The first-order valence-electron chi connectivity index (χ1n) is 10.3. The van der Waals surface area contributed by atoms with Gasteiger partial charge in [-0.15, -0.1) is 0 Å². The molecule has 0 aliphatic carbocycles. The molecule has 0 atom stereocenters. The Morgan fingerprint density at radius 2 is 1.08 bits per heavy atom. The molecule has 0 unspecified atom stereocenters. The number of hydrogen-bond donors (Lipinski definition) is 1. The summed E-state index contributed by atoms with van der Waals surface area (Å²) in [7, 11) is -8.75. The Morgan fingerprint density at radius 1 is 0.711 bits per heavy atom. The van der Waals surface area contributed by atoms with Crippen molar-refractivity contribution in [3.8, 4) is 0 Å². The van der Waals surface area contributed by atoms with E-state index in [0.29, 0.717) is 0 Å². The van der Waals surface area contributed by atoms with Crippen molar-refractivity contribution in [3.63, 3.8) is 0 Å². The fraction of sp³-hybridized carbons (Fsp3) is 0.182. The minimum absolute atomic E-state index is 0.0499. The number of ether oxygens (including phenoxy) is 1. The van der Waals surface area contributed by atoms with Crippen LogP contribution in [-0.2, 0) is 44.0 Å². The van der Waals surface area contributed by atoms with Gasteiger partial charge < -0.3 is 9.84 Å². The standard InChI is InChI=1S/C13H13NO6S.C9H5NO6S/c1-13(2,3)20-12(17)11(16)14-10(15)8-6-4-5-7-9(8)21(14,18)19;11-7-5-3-1-2-4-6(5)17(15,16)10(7)8(12)9(13)14/h4-7H,1-3H3;1-4H,(H,13,14). The molecule has 2 aliphatic heterocycles. The summed E-state index contributed by atoms with van der Waals surface area (Å²) in [5.41, 5.74) is -1.33. The van der Waals surface area contributed by atoms with E-state index in [4.69, 9.17) is 9.84 Å². The molecule has 0 bridgehead atoms. The molecule has 38 heavy (non-hydrogen) atoms. The van der Waals surface area contributed by atoms with Gasteiger partial charge in [0.25, 0.3) is 31.9 Å². The summed E-state index contributed by atoms with van der Waals surface area (Å²) in [6.07, 6.45) is 0. The third-order valence-corrected chi connectivity index (χ3v) is 8.21. The lowest BCUT2D eigenvalue weighted by Crippen LogP contribution is -2.43. The fourth-order valence-corrected chi connectivity index (χ4v) is 6.25. The van der Waals surface area contributed by atoms with Gasteiger partial charge in [0.1, 0.15) is 15.4 Å². The predicted octanol–water partition coefficient (Wildman–Crippen LogP) is 0.142. The lowest BCUT2D eigenvalue weighted by molar-refractivity contribution is -0.165. The number of sulfonamides is 2. The SMILES string of the molecule is CC(C)(C)OC(=O)C(=O)N1C(=O)c2ccccc2S1(=O)=O.O=C(O)C(=O)N1C(=O)c2ccccc2S1(=O)=O. The number of carboxylic acids is 1. The van der Waals surface area contributed by atoms with Gasteiger partial charge >= 0.3 is 23.8 Å². The number of hydrogen-bond acceptors (Lipinski definition) is 11. The van der Waals surface area contributed by atoms with Crippen molar-refractivity contribution >= 4 is 55.6 Å². The van der Waals surface area contributed by atoms with Gasteiger partial charge in [0.15, 0.2) is 0 Å². The number of imide groups is 2. The largest absolute Gasteiger partial charge is 0.474 e. The molecule has 0 saturated heterocycles. The van der Waals surface area contributed by atoms with Crippen LogP contribution in [0.2, 0.25) is 0 Å². The summed E-state index contributed by atoms with van der Waals surface area (Å²) in [5, 5.41) is 8.46. The van der Waals surface area contributed by atoms with Crippen LogP contribution < -0.4 is 0 Å². The highest BCUT2D eigenvalue weighted by atomic mass is 32.2. The summed E-state index contributed by atoms with van der Waals surface area (Å²) < 4.78 is 52.4. The van der Waals surface area contributed by atoms with Crippen LogP contribution in [0.1, 0.15) is 41.5 Å². The molecule has 0 fully saturated rings. The molecule has 14 nitrogen and oxygen atoms in total. The molecule has 0 saturated carbocycles. The Hall–Kier alpha value is -4.44. The highest BCUT2D eigenvalue weighted by molar-refractivity contribution is 7.91. The van der Waals surface area contributed by atoms with Crippen molar-refractivity contribution in [3.05, 3.63) is 59.7 Å². The van der Waals surface area contributed by atoms with Gasteiger partial charge in [-0.05, 0) is 45.0 Å². The average Bonchev–Trinajstić information content (AvgIpc) is 3.15. The van der Waals surface area contributed by atoms with E-state index in [1.165, 1.54) is 63.2 Å². The van der Waals surface area contributed by atoms with E-state index in [2.05, 4.69) is 0 Å². The first-order valence-corrected chi connectivity index (χ1v) is 13.2. The van der Waals surface area contributed by atoms with Crippen molar-refractivity contribution < 1.29 is 55.4 Å². The van der Waals surface area contributed by atoms with E-state index < -0.39 is 61.2 Å². The normalized spacial score (nSPS) is 16.6. The maximum Gasteiger partial charge on any atom is 0.399 e. The first kappa shape index (κ1) is 28.1. The van der Waals surface area contributed by atoms with Crippen molar-refractivity contribution in [2.75, 3.05) is 0 Å². The molecule has 2 aromatic carbocycles. The number of carbonyl (C=O) groups is 6.